The predicted octanol–water partition coefficient (Wildman–Crippen LogP) is 0.498. The van der Waals surface area contributed by atoms with E-state index in [0.29, 0.717) is 18.5 Å². The van der Waals surface area contributed by atoms with Gasteiger partial charge in [0.25, 0.3) is 0 Å². The van der Waals surface area contributed by atoms with Gasteiger partial charge in [-0.25, -0.2) is 4.68 Å². The minimum Gasteiger partial charge on any atom is -0.351 e. The first kappa shape index (κ1) is 10.7. The molecule has 0 aromatic carbocycles. The fraction of sp³-hybridized carbons (Fsp3) is 0.545. The Bertz CT molecular complexity index is 425. The third kappa shape index (κ3) is 2.22. The molecular weight excluding hydrogens is 204 g/mol. The van der Waals surface area contributed by atoms with E-state index in [9.17, 15) is 4.79 Å². The van der Waals surface area contributed by atoms with E-state index < -0.39 is 0 Å². The summed E-state index contributed by atoms with van der Waals surface area (Å²) in [6, 6.07) is 0.375. The molecule has 84 valence electrons. The number of nitrogens with zero attached hydrogens (tertiary/aromatic N) is 3. The maximum atomic E-state index is 10.7. The number of rotatable bonds is 3. The molecule has 1 aromatic heterocycles. The summed E-state index contributed by atoms with van der Waals surface area (Å²) < 4.78 is 1.84. The lowest BCUT2D eigenvalue weighted by Gasteiger charge is -2.31. The maximum Gasteiger partial charge on any atom is 0.217 e. The number of carbonyl (C=O) groups is 1. The van der Waals surface area contributed by atoms with Crippen LogP contribution in [-0.2, 0) is 11.3 Å². The number of hydrogen-bond donors (Lipinski definition) is 1. The molecule has 0 aliphatic heterocycles. The average molecular weight is 218 g/mol. The van der Waals surface area contributed by atoms with Crippen LogP contribution in [0.2, 0.25) is 0 Å². The highest BCUT2D eigenvalue weighted by Crippen LogP contribution is 2.36. The normalized spacial score (nSPS) is 23.2. The Labute approximate surface area is 94.2 Å². The second kappa shape index (κ2) is 4.35. The minimum absolute atomic E-state index is 0.0643. The molecule has 1 aliphatic carbocycles. The van der Waals surface area contributed by atoms with Gasteiger partial charge in [-0.15, -0.1) is 17.4 Å². The van der Waals surface area contributed by atoms with Crippen molar-refractivity contribution in [2.24, 2.45) is 5.92 Å². The van der Waals surface area contributed by atoms with Crippen LogP contribution in [0.15, 0.2) is 6.20 Å². The summed E-state index contributed by atoms with van der Waals surface area (Å²) in [6.07, 6.45) is 9.13. The monoisotopic (exact) mass is 218 g/mol. The topological polar surface area (TPSA) is 59.8 Å². The molecule has 1 heterocycles. The van der Waals surface area contributed by atoms with E-state index >= 15 is 0 Å². The van der Waals surface area contributed by atoms with Crippen LogP contribution in [-0.4, -0.2) is 20.9 Å². The zero-order valence-electron chi connectivity index (χ0n) is 9.18. The second-order valence-corrected chi connectivity index (χ2v) is 4.09. The van der Waals surface area contributed by atoms with Gasteiger partial charge in [0.1, 0.15) is 5.69 Å². The quantitative estimate of drug-likeness (QED) is 0.751. The fourth-order valence-electron chi connectivity index (χ4n) is 1.73. The minimum atomic E-state index is -0.0643. The van der Waals surface area contributed by atoms with Crippen LogP contribution in [0.4, 0.5) is 0 Å². The summed E-state index contributed by atoms with van der Waals surface area (Å²) in [5.74, 6) is 3.05. The molecule has 1 amide bonds. The maximum absolute atomic E-state index is 10.7. The van der Waals surface area contributed by atoms with Crippen LogP contribution in [0.5, 0.6) is 0 Å². The molecule has 1 aliphatic rings. The largest absolute Gasteiger partial charge is 0.351 e. The van der Waals surface area contributed by atoms with E-state index in [1.165, 1.54) is 6.92 Å². The molecule has 0 spiro atoms. The van der Waals surface area contributed by atoms with Crippen molar-refractivity contribution in [3.05, 3.63) is 11.9 Å². The lowest BCUT2D eigenvalue weighted by Crippen LogP contribution is -2.26. The third-order valence-corrected chi connectivity index (χ3v) is 2.80. The summed E-state index contributed by atoms with van der Waals surface area (Å²) in [6.45, 7) is 1.91. The van der Waals surface area contributed by atoms with Gasteiger partial charge < -0.3 is 5.32 Å². The molecule has 0 atom stereocenters. The summed E-state index contributed by atoms with van der Waals surface area (Å²) in [5, 5.41) is 10.7. The number of nitrogens with one attached hydrogen (secondary N) is 1. The van der Waals surface area contributed by atoms with E-state index in [2.05, 4.69) is 21.5 Å². The van der Waals surface area contributed by atoms with Gasteiger partial charge in [-0.2, -0.15) is 0 Å². The van der Waals surface area contributed by atoms with E-state index in [1.807, 2.05) is 10.9 Å². The van der Waals surface area contributed by atoms with E-state index in [-0.39, 0.29) is 5.91 Å². The van der Waals surface area contributed by atoms with Crippen molar-refractivity contribution < 1.29 is 4.79 Å². The summed E-state index contributed by atoms with van der Waals surface area (Å²) >= 11 is 0. The molecule has 0 bridgehead atoms. The standard InChI is InChI=1S/C11H14N4O/c1-3-9-4-11(5-9)15-7-10(13-14-15)6-12-8(2)16/h1,7,9,11H,4-6H2,2H3,(H,12,16). The van der Waals surface area contributed by atoms with Gasteiger partial charge in [0.15, 0.2) is 0 Å². The van der Waals surface area contributed by atoms with Crippen molar-refractivity contribution in [3.8, 4) is 12.3 Å². The Morgan fingerprint density at radius 2 is 2.50 bits per heavy atom. The smallest absolute Gasteiger partial charge is 0.217 e. The molecule has 5 nitrogen and oxygen atoms in total. The van der Waals surface area contributed by atoms with Crippen LogP contribution in [0.1, 0.15) is 31.5 Å². The Kier molecular flexibility index (Phi) is 2.91. The lowest BCUT2D eigenvalue weighted by molar-refractivity contribution is -0.119. The highest BCUT2D eigenvalue weighted by molar-refractivity contribution is 5.72. The van der Waals surface area contributed by atoms with Crippen molar-refractivity contribution in [1.29, 1.82) is 0 Å². The molecule has 0 unspecified atom stereocenters. The second-order valence-electron chi connectivity index (χ2n) is 4.09. The Hall–Kier alpha value is -1.83. The molecule has 0 saturated heterocycles. The molecule has 0 radical (unpaired) electrons. The summed E-state index contributed by atoms with van der Waals surface area (Å²) in [5.41, 5.74) is 0.777. The molecule has 1 N–H and O–H groups in total. The first-order valence-corrected chi connectivity index (χ1v) is 5.30. The van der Waals surface area contributed by atoms with E-state index in [1.54, 1.807) is 0 Å². The lowest BCUT2D eigenvalue weighted by atomic mass is 9.81. The third-order valence-electron chi connectivity index (χ3n) is 2.80. The van der Waals surface area contributed by atoms with Crippen molar-refractivity contribution in [2.45, 2.75) is 32.4 Å². The van der Waals surface area contributed by atoms with Crippen LogP contribution in [0.3, 0.4) is 0 Å². The van der Waals surface area contributed by atoms with Crippen LogP contribution in [0, 0.1) is 18.3 Å². The van der Waals surface area contributed by atoms with Crippen molar-refractivity contribution in [2.75, 3.05) is 0 Å². The average Bonchev–Trinajstić information content (AvgIpc) is 2.62. The first-order chi connectivity index (χ1) is 7.69. The SMILES string of the molecule is C#CC1CC(n2cc(CNC(C)=O)nn2)C1. The van der Waals surface area contributed by atoms with Gasteiger partial charge in [0.05, 0.1) is 18.8 Å². The Morgan fingerprint density at radius 3 is 3.12 bits per heavy atom. The van der Waals surface area contributed by atoms with Gasteiger partial charge in [0, 0.05) is 12.8 Å². The van der Waals surface area contributed by atoms with Crippen LogP contribution in [0.25, 0.3) is 0 Å². The zero-order chi connectivity index (χ0) is 11.5. The highest BCUT2D eigenvalue weighted by Gasteiger charge is 2.29. The molecule has 16 heavy (non-hydrogen) atoms. The van der Waals surface area contributed by atoms with E-state index in [4.69, 9.17) is 6.42 Å². The summed E-state index contributed by atoms with van der Waals surface area (Å²) in [4.78, 5) is 10.7. The van der Waals surface area contributed by atoms with Gasteiger partial charge >= 0.3 is 0 Å². The molecule has 1 saturated carbocycles. The number of hydrogen-bond acceptors (Lipinski definition) is 3. The number of amides is 1. The van der Waals surface area contributed by atoms with Crippen molar-refractivity contribution in [1.82, 2.24) is 20.3 Å². The molecule has 1 aromatic rings. The number of carbonyl (C=O) groups excluding carboxylic acids is 1. The van der Waals surface area contributed by atoms with E-state index in [0.717, 1.165) is 18.5 Å². The number of aromatic nitrogens is 3. The Balaban J connectivity index is 1.89. The van der Waals surface area contributed by atoms with Crippen molar-refractivity contribution in [3.63, 3.8) is 0 Å². The predicted molar refractivity (Wildman–Crippen MR) is 58.1 cm³/mol. The molecule has 1 fully saturated rings. The van der Waals surface area contributed by atoms with Crippen LogP contribution >= 0.6 is 0 Å². The molecule has 2 rings (SSSR count). The fourth-order valence-corrected chi connectivity index (χ4v) is 1.73. The van der Waals surface area contributed by atoms with Crippen molar-refractivity contribution >= 4 is 5.91 Å². The zero-order valence-corrected chi connectivity index (χ0v) is 9.18. The summed E-state index contributed by atoms with van der Waals surface area (Å²) in [7, 11) is 0. The van der Waals surface area contributed by atoms with Gasteiger partial charge in [-0.3, -0.25) is 4.79 Å². The Morgan fingerprint density at radius 1 is 1.75 bits per heavy atom. The first-order valence-electron chi connectivity index (χ1n) is 5.30. The van der Waals surface area contributed by atoms with Gasteiger partial charge in [-0.1, -0.05) is 5.21 Å². The molecular formula is C11H14N4O. The molecule has 5 heteroatoms. The van der Waals surface area contributed by atoms with Crippen LogP contribution < -0.4 is 5.32 Å². The van der Waals surface area contributed by atoms with Gasteiger partial charge in [-0.05, 0) is 12.8 Å². The van der Waals surface area contributed by atoms with Gasteiger partial charge in [0.2, 0.25) is 5.91 Å². The highest BCUT2D eigenvalue weighted by atomic mass is 16.1. The number of terminal acetylenes is 1.